The molecule has 0 bridgehead atoms. The van der Waals surface area contributed by atoms with Crippen molar-refractivity contribution in [3.05, 3.63) is 53.5 Å². The molecule has 2 aliphatic heterocycles. The van der Waals surface area contributed by atoms with Crippen LogP contribution >= 0.6 is 11.8 Å². The summed E-state index contributed by atoms with van der Waals surface area (Å²) in [6.07, 6.45) is 0. The molecule has 0 radical (unpaired) electrons. The molecule has 0 spiro atoms. The van der Waals surface area contributed by atoms with E-state index >= 15 is 0 Å². The topological polar surface area (TPSA) is 69.0 Å². The van der Waals surface area contributed by atoms with Crippen molar-refractivity contribution in [1.29, 1.82) is 0 Å². The maximum atomic E-state index is 12.5. The minimum atomic E-state index is -0.115. The van der Waals surface area contributed by atoms with Crippen molar-refractivity contribution in [2.45, 2.75) is 13.5 Å². The van der Waals surface area contributed by atoms with Gasteiger partial charge in [0, 0.05) is 63.0 Å². The Morgan fingerprint density at radius 2 is 1.60 bits per heavy atom. The van der Waals surface area contributed by atoms with Gasteiger partial charge in [-0.05, 0) is 36.8 Å². The highest BCUT2D eigenvalue weighted by atomic mass is 32.2. The first-order chi connectivity index (χ1) is 14.6. The van der Waals surface area contributed by atoms with Gasteiger partial charge in [-0.3, -0.25) is 4.79 Å². The molecule has 0 aliphatic carbocycles. The molecule has 0 saturated carbocycles. The molecule has 30 heavy (non-hydrogen) atoms. The zero-order chi connectivity index (χ0) is 20.9. The van der Waals surface area contributed by atoms with Gasteiger partial charge >= 0.3 is 6.03 Å². The van der Waals surface area contributed by atoms with Crippen LogP contribution in [0.25, 0.3) is 0 Å². The highest BCUT2D eigenvalue weighted by molar-refractivity contribution is 7.99. The zero-order valence-electron chi connectivity index (χ0n) is 17.3. The van der Waals surface area contributed by atoms with Crippen molar-refractivity contribution in [2.24, 2.45) is 0 Å². The lowest BCUT2D eigenvalue weighted by atomic mass is 10.2. The minimum Gasteiger partial charge on any atom is -0.456 e. The average Bonchev–Trinajstić information content (AvgIpc) is 3.24. The van der Waals surface area contributed by atoms with Crippen LogP contribution in [0.3, 0.4) is 0 Å². The van der Waals surface area contributed by atoms with Crippen molar-refractivity contribution in [3.8, 4) is 0 Å². The fourth-order valence-electron chi connectivity index (χ4n) is 3.75. The van der Waals surface area contributed by atoms with Crippen molar-refractivity contribution in [3.63, 3.8) is 0 Å². The standard InChI is InChI=1S/C22H28N4O3S/c1-17-2-7-20(29-17)21(27)25-8-10-26(11-9-25)22(28)23-16-18-3-5-19(6-4-18)24-12-14-30-15-13-24/h2-7H,8-16H2,1H3,(H,23,28). The number of hydrogen-bond acceptors (Lipinski definition) is 5. The van der Waals surface area contributed by atoms with Crippen LogP contribution < -0.4 is 10.2 Å². The number of rotatable bonds is 4. The van der Waals surface area contributed by atoms with E-state index in [0.29, 0.717) is 38.5 Å². The fourth-order valence-corrected chi connectivity index (χ4v) is 4.66. The van der Waals surface area contributed by atoms with Crippen LogP contribution in [-0.2, 0) is 6.54 Å². The second-order valence-corrected chi connectivity index (χ2v) is 8.84. The summed E-state index contributed by atoms with van der Waals surface area (Å²) in [4.78, 5) is 30.9. The van der Waals surface area contributed by atoms with Gasteiger partial charge in [0.15, 0.2) is 5.76 Å². The first-order valence-corrected chi connectivity index (χ1v) is 11.6. The third kappa shape index (κ3) is 4.92. The minimum absolute atomic E-state index is 0.0897. The lowest BCUT2D eigenvalue weighted by Gasteiger charge is -2.34. The number of piperazine rings is 1. The molecular weight excluding hydrogens is 400 g/mol. The van der Waals surface area contributed by atoms with E-state index < -0.39 is 0 Å². The third-order valence-electron chi connectivity index (χ3n) is 5.56. The van der Waals surface area contributed by atoms with Gasteiger partial charge in [0.25, 0.3) is 5.91 Å². The number of benzene rings is 1. The van der Waals surface area contributed by atoms with Crippen LogP contribution in [0.15, 0.2) is 40.8 Å². The Bertz CT molecular complexity index is 869. The van der Waals surface area contributed by atoms with Crippen LogP contribution in [0.1, 0.15) is 21.9 Å². The van der Waals surface area contributed by atoms with Crippen LogP contribution in [0.4, 0.5) is 10.5 Å². The normalized spacial score (nSPS) is 17.2. The number of thioether (sulfide) groups is 1. The lowest BCUT2D eigenvalue weighted by molar-refractivity contribution is 0.0632. The molecule has 160 valence electrons. The summed E-state index contributed by atoms with van der Waals surface area (Å²) in [5, 5.41) is 2.99. The van der Waals surface area contributed by atoms with Gasteiger partial charge in [0.1, 0.15) is 5.76 Å². The first kappa shape index (κ1) is 20.7. The summed E-state index contributed by atoms with van der Waals surface area (Å²) in [6, 6.07) is 11.8. The summed E-state index contributed by atoms with van der Waals surface area (Å²) in [6.45, 7) is 6.55. The molecule has 1 aromatic carbocycles. The number of urea groups is 1. The Balaban J connectivity index is 1.22. The number of carbonyl (C=O) groups excluding carboxylic acids is 2. The number of anilines is 1. The molecule has 2 aliphatic rings. The molecule has 8 heteroatoms. The van der Waals surface area contributed by atoms with Gasteiger partial charge in [-0.25, -0.2) is 4.79 Å². The molecule has 0 atom stereocenters. The van der Waals surface area contributed by atoms with E-state index in [0.717, 1.165) is 24.4 Å². The molecule has 2 fully saturated rings. The Morgan fingerprint density at radius 3 is 2.23 bits per heavy atom. The predicted molar refractivity (Wildman–Crippen MR) is 119 cm³/mol. The number of hydrogen-bond donors (Lipinski definition) is 1. The molecule has 0 unspecified atom stereocenters. The van der Waals surface area contributed by atoms with Crippen LogP contribution in [0.2, 0.25) is 0 Å². The summed E-state index contributed by atoms with van der Waals surface area (Å²) >= 11 is 2.00. The van der Waals surface area contributed by atoms with E-state index in [1.165, 1.54) is 17.2 Å². The average molecular weight is 429 g/mol. The van der Waals surface area contributed by atoms with Gasteiger partial charge in [-0.15, -0.1) is 0 Å². The Kier molecular flexibility index (Phi) is 6.52. The van der Waals surface area contributed by atoms with Crippen molar-refractivity contribution in [1.82, 2.24) is 15.1 Å². The maximum Gasteiger partial charge on any atom is 0.317 e. The van der Waals surface area contributed by atoms with Crippen LogP contribution in [0.5, 0.6) is 0 Å². The first-order valence-electron chi connectivity index (χ1n) is 10.4. The van der Waals surface area contributed by atoms with Gasteiger partial charge in [-0.1, -0.05) is 12.1 Å². The summed E-state index contributed by atoms with van der Waals surface area (Å²) < 4.78 is 5.42. The molecule has 1 aromatic heterocycles. The van der Waals surface area contributed by atoms with E-state index in [1.54, 1.807) is 21.9 Å². The highest BCUT2D eigenvalue weighted by Gasteiger charge is 2.26. The lowest BCUT2D eigenvalue weighted by Crippen LogP contribution is -2.53. The number of carbonyl (C=O) groups is 2. The third-order valence-corrected chi connectivity index (χ3v) is 6.50. The Hall–Kier alpha value is -2.61. The van der Waals surface area contributed by atoms with Crippen molar-refractivity contribution in [2.75, 3.05) is 55.7 Å². The van der Waals surface area contributed by atoms with Crippen LogP contribution in [0, 0.1) is 6.92 Å². The van der Waals surface area contributed by atoms with Crippen molar-refractivity contribution >= 4 is 29.4 Å². The summed E-state index contributed by atoms with van der Waals surface area (Å²) in [5.41, 5.74) is 2.33. The fraction of sp³-hybridized carbons (Fsp3) is 0.455. The Labute approximate surface area is 181 Å². The van der Waals surface area contributed by atoms with E-state index in [4.69, 9.17) is 4.42 Å². The molecule has 2 aromatic rings. The monoisotopic (exact) mass is 428 g/mol. The molecule has 3 heterocycles. The second-order valence-electron chi connectivity index (χ2n) is 7.61. The van der Waals surface area contributed by atoms with Gasteiger partial charge in [0.05, 0.1) is 0 Å². The van der Waals surface area contributed by atoms with Crippen LogP contribution in [-0.4, -0.2) is 72.5 Å². The SMILES string of the molecule is Cc1ccc(C(=O)N2CCN(C(=O)NCc3ccc(N4CCSCC4)cc3)CC2)o1. The smallest absolute Gasteiger partial charge is 0.317 e. The van der Waals surface area contributed by atoms with Gasteiger partial charge < -0.3 is 24.4 Å². The van der Waals surface area contributed by atoms with Gasteiger partial charge in [-0.2, -0.15) is 11.8 Å². The molecule has 1 N–H and O–H groups in total. The molecule has 2 saturated heterocycles. The molecular formula is C22H28N4O3S. The van der Waals surface area contributed by atoms with E-state index in [-0.39, 0.29) is 11.9 Å². The largest absolute Gasteiger partial charge is 0.456 e. The predicted octanol–water partition coefficient (Wildman–Crippen LogP) is 2.81. The number of aryl methyl sites for hydroxylation is 1. The number of nitrogens with zero attached hydrogens (tertiary/aromatic N) is 3. The number of furan rings is 1. The highest BCUT2D eigenvalue weighted by Crippen LogP contribution is 2.20. The second kappa shape index (κ2) is 9.47. The number of amides is 3. The van der Waals surface area contributed by atoms with E-state index in [2.05, 4.69) is 34.5 Å². The summed E-state index contributed by atoms with van der Waals surface area (Å²) in [5.74, 6) is 3.32. The van der Waals surface area contributed by atoms with Gasteiger partial charge in [0.2, 0.25) is 0 Å². The van der Waals surface area contributed by atoms with E-state index in [9.17, 15) is 9.59 Å². The molecule has 3 amide bonds. The quantitative estimate of drug-likeness (QED) is 0.811. The Morgan fingerprint density at radius 1 is 0.933 bits per heavy atom. The zero-order valence-corrected chi connectivity index (χ0v) is 18.1. The van der Waals surface area contributed by atoms with Crippen molar-refractivity contribution < 1.29 is 14.0 Å². The molecule has 7 nitrogen and oxygen atoms in total. The number of nitrogens with one attached hydrogen (secondary N) is 1. The molecule has 4 rings (SSSR count). The van der Waals surface area contributed by atoms with E-state index in [1.807, 2.05) is 18.7 Å². The maximum absolute atomic E-state index is 12.5. The summed E-state index contributed by atoms with van der Waals surface area (Å²) in [7, 11) is 0.